The standard InChI is InChI=1S/C4H7NO.C3H4N2O2.4C2H6.CH4/c1-2-4-6-5-3-1;6-2-1-4-3(7)5-2;4*1-2;/h3H,1-2,4H2;1H2,(H2,4,5,6,7);4*1-2H3;1H4. The Labute approximate surface area is 138 Å². The lowest BCUT2D eigenvalue weighted by atomic mass is 10.3. The first-order valence-electron chi connectivity index (χ1n) is 8.00. The van der Waals surface area contributed by atoms with Crippen molar-refractivity contribution in [3.8, 4) is 0 Å². The van der Waals surface area contributed by atoms with Crippen LogP contribution in [-0.2, 0) is 9.63 Å². The maximum atomic E-state index is 10.1. The third-order valence-corrected chi connectivity index (χ3v) is 1.38. The molecule has 2 aliphatic rings. The van der Waals surface area contributed by atoms with Crippen molar-refractivity contribution in [3.63, 3.8) is 0 Å². The molecule has 2 heterocycles. The Bertz CT molecular complexity index is 211. The van der Waals surface area contributed by atoms with E-state index in [4.69, 9.17) is 0 Å². The second-order valence-electron chi connectivity index (χ2n) is 2.49. The number of nitrogens with zero attached hydrogens (tertiary/aromatic N) is 1. The first kappa shape index (κ1) is 32.4. The Morgan fingerprint density at radius 1 is 1.00 bits per heavy atom. The van der Waals surface area contributed by atoms with Gasteiger partial charge in [0.1, 0.15) is 6.61 Å². The lowest BCUT2D eigenvalue weighted by molar-refractivity contribution is -0.117. The molecule has 0 aromatic heterocycles. The molecule has 6 nitrogen and oxygen atoms in total. The first-order chi connectivity index (χ1) is 10.3. The fourth-order valence-corrected chi connectivity index (χ4v) is 0.773. The SMILES string of the molecule is C.C1=NOCCC1.CC.CC.CC.CC.O=C1CNC(=O)N1. The largest absolute Gasteiger partial charge is 0.396 e. The van der Waals surface area contributed by atoms with Crippen molar-refractivity contribution in [2.24, 2.45) is 5.16 Å². The van der Waals surface area contributed by atoms with E-state index in [1.54, 1.807) is 6.21 Å². The van der Waals surface area contributed by atoms with Crippen LogP contribution >= 0.6 is 0 Å². The minimum absolute atomic E-state index is 0. The summed E-state index contributed by atoms with van der Waals surface area (Å²) in [5, 5.41) is 7.85. The Morgan fingerprint density at radius 2 is 1.50 bits per heavy atom. The molecule has 0 aromatic rings. The van der Waals surface area contributed by atoms with E-state index in [1.807, 2.05) is 60.7 Å². The quantitative estimate of drug-likeness (QED) is 0.651. The van der Waals surface area contributed by atoms with E-state index in [0.29, 0.717) is 0 Å². The van der Waals surface area contributed by atoms with Gasteiger partial charge in [-0.15, -0.1) is 0 Å². The van der Waals surface area contributed by atoms with Gasteiger partial charge in [-0.1, -0.05) is 68.0 Å². The molecule has 6 heteroatoms. The van der Waals surface area contributed by atoms with E-state index in [1.165, 1.54) is 0 Å². The molecule has 22 heavy (non-hydrogen) atoms. The van der Waals surface area contributed by atoms with Gasteiger partial charge >= 0.3 is 6.03 Å². The topological polar surface area (TPSA) is 79.8 Å². The minimum atomic E-state index is -0.398. The lowest BCUT2D eigenvalue weighted by Gasteiger charge is -1.99. The molecular weight excluding hydrogens is 282 g/mol. The molecule has 0 spiro atoms. The molecule has 0 aromatic carbocycles. The van der Waals surface area contributed by atoms with Crippen molar-refractivity contribution in [3.05, 3.63) is 0 Å². The third kappa shape index (κ3) is 31.0. The van der Waals surface area contributed by atoms with Gasteiger partial charge in [-0.2, -0.15) is 0 Å². The van der Waals surface area contributed by atoms with Crippen molar-refractivity contribution < 1.29 is 14.4 Å². The monoisotopic (exact) mass is 321 g/mol. The van der Waals surface area contributed by atoms with Crippen LogP contribution in [0.4, 0.5) is 4.79 Å². The number of rotatable bonds is 0. The predicted molar refractivity (Wildman–Crippen MR) is 97.3 cm³/mol. The van der Waals surface area contributed by atoms with Crippen molar-refractivity contribution in [1.82, 2.24) is 10.6 Å². The molecule has 1 saturated heterocycles. The van der Waals surface area contributed by atoms with Gasteiger partial charge in [-0.25, -0.2) is 4.79 Å². The third-order valence-electron chi connectivity index (χ3n) is 1.38. The van der Waals surface area contributed by atoms with Crippen LogP contribution in [0.3, 0.4) is 0 Å². The summed E-state index contributed by atoms with van der Waals surface area (Å²) in [4.78, 5) is 24.7. The number of urea groups is 1. The fourth-order valence-electron chi connectivity index (χ4n) is 0.773. The Hall–Kier alpha value is -1.59. The molecule has 0 unspecified atom stereocenters. The number of amides is 3. The molecule has 2 N–H and O–H groups in total. The average molecular weight is 322 g/mol. The number of nitrogens with one attached hydrogen (secondary N) is 2. The maximum Gasteiger partial charge on any atom is 0.321 e. The molecule has 2 aliphatic heterocycles. The molecule has 0 bridgehead atoms. The van der Waals surface area contributed by atoms with Crippen LogP contribution in [-0.4, -0.2) is 31.3 Å². The van der Waals surface area contributed by atoms with Gasteiger partial charge in [-0.3, -0.25) is 10.1 Å². The summed E-state index contributed by atoms with van der Waals surface area (Å²) in [7, 11) is 0. The summed E-state index contributed by atoms with van der Waals surface area (Å²) < 4.78 is 0. The van der Waals surface area contributed by atoms with E-state index in [-0.39, 0.29) is 19.9 Å². The van der Waals surface area contributed by atoms with Crippen LogP contribution in [0.25, 0.3) is 0 Å². The van der Waals surface area contributed by atoms with E-state index >= 15 is 0 Å². The van der Waals surface area contributed by atoms with Gasteiger partial charge < -0.3 is 10.2 Å². The van der Waals surface area contributed by atoms with Gasteiger partial charge in [0.25, 0.3) is 0 Å². The normalized spacial score (nSPS) is 12.5. The first-order valence-corrected chi connectivity index (χ1v) is 8.00. The summed E-state index contributed by atoms with van der Waals surface area (Å²) >= 11 is 0. The summed E-state index contributed by atoms with van der Waals surface area (Å²) in [5.74, 6) is -0.259. The fraction of sp³-hybridized carbons (Fsp3) is 0.812. The highest BCUT2D eigenvalue weighted by molar-refractivity contribution is 6.01. The van der Waals surface area contributed by atoms with Crippen LogP contribution in [0.2, 0.25) is 0 Å². The predicted octanol–water partition coefficient (Wildman–Crippen LogP) is 4.35. The molecule has 3 amide bonds. The van der Waals surface area contributed by atoms with Crippen LogP contribution in [0, 0.1) is 0 Å². The summed E-state index contributed by atoms with van der Waals surface area (Å²) in [6, 6.07) is -0.398. The van der Waals surface area contributed by atoms with Crippen molar-refractivity contribution in [2.75, 3.05) is 13.2 Å². The molecule has 0 atom stereocenters. The summed E-state index contributed by atoms with van der Waals surface area (Å²) in [5.41, 5.74) is 0. The zero-order chi connectivity index (χ0) is 17.5. The summed E-state index contributed by atoms with van der Waals surface area (Å²) in [6.45, 7) is 16.9. The highest BCUT2D eigenvalue weighted by Crippen LogP contribution is 1.92. The Kier molecular flexibility index (Phi) is 53.8. The van der Waals surface area contributed by atoms with Crippen molar-refractivity contribution >= 4 is 18.2 Å². The number of imide groups is 1. The van der Waals surface area contributed by atoms with Gasteiger partial charge in [0.2, 0.25) is 5.91 Å². The Morgan fingerprint density at radius 3 is 1.59 bits per heavy atom. The number of oxime groups is 1. The van der Waals surface area contributed by atoms with Crippen LogP contribution in [0.15, 0.2) is 5.16 Å². The highest BCUT2D eigenvalue weighted by Gasteiger charge is 2.14. The molecule has 0 saturated carbocycles. The molecule has 136 valence electrons. The average Bonchev–Trinajstić information content (AvgIpc) is 3.00. The zero-order valence-electron chi connectivity index (χ0n) is 15.1. The number of carbonyl (C=O) groups excluding carboxylic acids is 2. The number of hydrogen-bond acceptors (Lipinski definition) is 4. The van der Waals surface area contributed by atoms with Crippen molar-refractivity contribution in [2.45, 2.75) is 75.7 Å². The van der Waals surface area contributed by atoms with Gasteiger partial charge in [-0.05, 0) is 12.8 Å². The summed E-state index contributed by atoms with van der Waals surface area (Å²) in [6.07, 6.45) is 4.01. The van der Waals surface area contributed by atoms with E-state index in [2.05, 4.69) is 15.3 Å². The lowest BCUT2D eigenvalue weighted by Crippen LogP contribution is -2.22. The van der Waals surface area contributed by atoms with E-state index in [9.17, 15) is 9.59 Å². The number of carbonyl (C=O) groups is 2. The van der Waals surface area contributed by atoms with Gasteiger partial charge in [0, 0.05) is 6.21 Å². The van der Waals surface area contributed by atoms with Gasteiger partial charge in [0.15, 0.2) is 0 Å². The minimum Gasteiger partial charge on any atom is -0.396 e. The number of hydrogen-bond donors (Lipinski definition) is 2. The van der Waals surface area contributed by atoms with Gasteiger partial charge in [0.05, 0.1) is 6.54 Å². The molecular formula is C16H39N3O3. The van der Waals surface area contributed by atoms with Crippen molar-refractivity contribution in [1.29, 1.82) is 0 Å². The smallest absolute Gasteiger partial charge is 0.321 e. The zero-order valence-corrected chi connectivity index (χ0v) is 15.1. The van der Waals surface area contributed by atoms with E-state index in [0.717, 1.165) is 19.4 Å². The van der Waals surface area contributed by atoms with Crippen LogP contribution < -0.4 is 10.6 Å². The van der Waals surface area contributed by atoms with E-state index < -0.39 is 6.03 Å². The molecule has 2 rings (SSSR count). The second-order valence-corrected chi connectivity index (χ2v) is 2.49. The highest BCUT2D eigenvalue weighted by atomic mass is 16.6. The Balaban J connectivity index is -0.0000000590. The van der Waals surface area contributed by atoms with Crippen LogP contribution in [0.1, 0.15) is 75.7 Å². The van der Waals surface area contributed by atoms with Crippen LogP contribution in [0.5, 0.6) is 0 Å². The molecule has 0 radical (unpaired) electrons. The molecule has 1 fully saturated rings. The maximum absolute atomic E-state index is 10.1. The second kappa shape index (κ2) is 36.6. The molecule has 0 aliphatic carbocycles.